The van der Waals surface area contributed by atoms with Crippen molar-refractivity contribution in [2.24, 2.45) is 5.41 Å². The van der Waals surface area contributed by atoms with E-state index in [2.05, 4.69) is 17.2 Å². The van der Waals surface area contributed by atoms with E-state index in [0.717, 1.165) is 13.0 Å². The minimum absolute atomic E-state index is 0. The fourth-order valence-electron chi connectivity index (χ4n) is 2.29. The van der Waals surface area contributed by atoms with Crippen molar-refractivity contribution in [3.05, 3.63) is 24.0 Å². The van der Waals surface area contributed by atoms with Crippen LogP contribution in [0.2, 0.25) is 0 Å². The van der Waals surface area contributed by atoms with E-state index in [0.29, 0.717) is 16.7 Å². The molecule has 0 bridgehead atoms. The quantitative estimate of drug-likeness (QED) is 0.882. The first kappa shape index (κ1) is 14.8. The van der Waals surface area contributed by atoms with Gasteiger partial charge in [0.05, 0.1) is 5.56 Å². The first-order valence-electron chi connectivity index (χ1n) is 6.14. The van der Waals surface area contributed by atoms with Crippen LogP contribution in [-0.4, -0.2) is 17.4 Å². The maximum absolute atomic E-state index is 11.9. The van der Waals surface area contributed by atoms with E-state index in [1.165, 1.54) is 25.5 Å². The number of nitrogen functional groups attached to an aromatic ring is 1. The van der Waals surface area contributed by atoms with E-state index in [1.54, 1.807) is 12.3 Å². The van der Waals surface area contributed by atoms with Crippen LogP contribution in [0.3, 0.4) is 0 Å². The van der Waals surface area contributed by atoms with Crippen molar-refractivity contribution in [3.63, 3.8) is 0 Å². The highest BCUT2D eigenvalue weighted by Gasteiger charge is 2.35. The Kier molecular flexibility index (Phi) is 4.96. The maximum atomic E-state index is 11.9. The summed E-state index contributed by atoms with van der Waals surface area (Å²) in [5.41, 5.74) is 7.02. The highest BCUT2D eigenvalue weighted by atomic mass is 35.5. The first-order chi connectivity index (χ1) is 8.17. The number of anilines is 1. The second-order valence-electron chi connectivity index (χ2n) is 4.85. The van der Waals surface area contributed by atoms with Gasteiger partial charge in [0.25, 0.3) is 5.91 Å². The molecule has 100 valence electrons. The van der Waals surface area contributed by atoms with Crippen molar-refractivity contribution >= 4 is 24.0 Å². The molecule has 1 fully saturated rings. The molecule has 1 aliphatic rings. The number of hydrogen-bond acceptors (Lipinski definition) is 3. The molecule has 1 amide bonds. The van der Waals surface area contributed by atoms with Gasteiger partial charge >= 0.3 is 0 Å². The Labute approximate surface area is 114 Å². The summed E-state index contributed by atoms with van der Waals surface area (Å²) < 4.78 is 0. The molecular formula is C13H20ClN3O. The molecule has 18 heavy (non-hydrogen) atoms. The van der Waals surface area contributed by atoms with Crippen molar-refractivity contribution in [1.29, 1.82) is 0 Å². The minimum Gasteiger partial charge on any atom is -0.398 e. The van der Waals surface area contributed by atoms with E-state index in [-0.39, 0.29) is 18.3 Å². The van der Waals surface area contributed by atoms with Crippen LogP contribution in [0.15, 0.2) is 18.5 Å². The number of pyridine rings is 1. The average molecular weight is 270 g/mol. The number of nitrogens with two attached hydrogens (primary N) is 1. The van der Waals surface area contributed by atoms with Crippen LogP contribution in [0.4, 0.5) is 5.69 Å². The summed E-state index contributed by atoms with van der Waals surface area (Å²) in [7, 11) is 0. The molecule has 3 N–H and O–H groups in total. The van der Waals surface area contributed by atoms with Crippen molar-refractivity contribution in [2.75, 3.05) is 12.3 Å². The Morgan fingerprint density at radius 1 is 1.56 bits per heavy atom. The Hall–Kier alpha value is -1.29. The number of aromatic nitrogens is 1. The largest absolute Gasteiger partial charge is 0.398 e. The van der Waals surface area contributed by atoms with Crippen LogP contribution in [0.25, 0.3) is 0 Å². The van der Waals surface area contributed by atoms with Crippen LogP contribution < -0.4 is 11.1 Å². The zero-order valence-corrected chi connectivity index (χ0v) is 11.4. The molecule has 4 nitrogen and oxygen atoms in total. The fourth-order valence-corrected chi connectivity index (χ4v) is 2.29. The van der Waals surface area contributed by atoms with Gasteiger partial charge in [-0.2, -0.15) is 0 Å². The lowest BCUT2D eigenvalue weighted by Crippen LogP contribution is -2.41. The highest BCUT2D eigenvalue weighted by Crippen LogP contribution is 2.43. The van der Waals surface area contributed by atoms with Gasteiger partial charge < -0.3 is 11.1 Å². The smallest absolute Gasteiger partial charge is 0.254 e. The third-order valence-electron chi connectivity index (χ3n) is 3.89. The summed E-state index contributed by atoms with van der Waals surface area (Å²) in [5, 5.41) is 2.97. The summed E-state index contributed by atoms with van der Waals surface area (Å²) in [6.07, 6.45) is 7.93. The topological polar surface area (TPSA) is 68.0 Å². The number of carbonyl (C=O) groups is 1. The number of nitrogens with zero attached hydrogens (tertiary/aromatic N) is 1. The van der Waals surface area contributed by atoms with Crippen LogP contribution >= 0.6 is 12.4 Å². The molecule has 2 rings (SSSR count). The number of carbonyl (C=O) groups excluding carboxylic acids is 1. The Bertz CT molecular complexity index is 413. The molecule has 0 aromatic carbocycles. The van der Waals surface area contributed by atoms with Gasteiger partial charge in [0, 0.05) is 24.6 Å². The zero-order valence-electron chi connectivity index (χ0n) is 10.6. The van der Waals surface area contributed by atoms with E-state index < -0.39 is 0 Å². The monoisotopic (exact) mass is 269 g/mol. The SMILES string of the molecule is CCC1(CNC(=O)c2cnccc2N)CCC1.Cl. The Morgan fingerprint density at radius 3 is 2.78 bits per heavy atom. The first-order valence-corrected chi connectivity index (χ1v) is 6.14. The molecule has 0 aliphatic heterocycles. The number of nitrogens with one attached hydrogen (secondary N) is 1. The number of halogens is 1. The van der Waals surface area contributed by atoms with Gasteiger partial charge in [-0.1, -0.05) is 13.3 Å². The van der Waals surface area contributed by atoms with Gasteiger partial charge in [0.15, 0.2) is 0 Å². The number of amides is 1. The fraction of sp³-hybridized carbons (Fsp3) is 0.538. The highest BCUT2D eigenvalue weighted by molar-refractivity contribution is 5.98. The average Bonchev–Trinajstić information content (AvgIpc) is 2.28. The second-order valence-corrected chi connectivity index (χ2v) is 4.85. The van der Waals surface area contributed by atoms with Gasteiger partial charge in [-0.3, -0.25) is 9.78 Å². The molecule has 1 aromatic heterocycles. The van der Waals surface area contributed by atoms with E-state index in [1.807, 2.05) is 0 Å². The minimum atomic E-state index is -0.115. The molecule has 0 saturated heterocycles. The standard InChI is InChI=1S/C13H19N3O.ClH/c1-2-13(5-3-6-13)9-16-12(17)10-8-15-7-4-11(10)14;/h4,7-8H,2-3,5-6,9H2,1H3,(H2,14,15)(H,16,17);1H. The van der Waals surface area contributed by atoms with Crippen LogP contribution in [0, 0.1) is 5.41 Å². The molecule has 1 heterocycles. The third-order valence-corrected chi connectivity index (χ3v) is 3.89. The molecule has 0 spiro atoms. The van der Waals surface area contributed by atoms with Gasteiger partial charge in [-0.05, 0) is 30.7 Å². The number of rotatable bonds is 4. The molecule has 1 aliphatic carbocycles. The van der Waals surface area contributed by atoms with Crippen molar-refractivity contribution in [2.45, 2.75) is 32.6 Å². The van der Waals surface area contributed by atoms with Gasteiger partial charge in [-0.15, -0.1) is 12.4 Å². The Balaban J connectivity index is 0.00000162. The summed E-state index contributed by atoms with van der Waals surface area (Å²) >= 11 is 0. The lowest BCUT2D eigenvalue weighted by atomic mass is 9.67. The Morgan fingerprint density at radius 2 is 2.28 bits per heavy atom. The molecule has 5 heteroatoms. The predicted octanol–water partition coefficient (Wildman–Crippen LogP) is 2.40. The molecule has 1 saturated carbocycles. The van der Waals surface area contributed by atoms with Crippen LogP contribution in [-0.2, 0) is 0 Å². The summed E-state index contributed by atoms with van der Waals surface area (Å²) in [5.74, 6) is -0.115. The van der Waals surface area contributed by atoms with E-state index in [4.69, 9.17) is 5.73 Å². The molecule has 1 aromatic rings. The second kappa shape index (κ2) is 6.05. The third kappa shape index (κ3) is 2.93. The van der Waals surface area contributed by atoms with Gasteiger partial charge in [0.1, 0.15) is 0 Å². The molecule has 0 atom stereocenters. The predicted molar refractivity (Wildman–Crippen MR) is 74.8 cm³/mol. The van der Waals surface area contributed by atoms with Gasteiger partial charge in [-0.25, -0.2) is 0 Å². The van der Waals surface area contributed by atoms with Crippen molar-refractivity contribution in [3.8, 4) is 0 Å². The lowest BCUT2D eigenvalue weighted by Gasteiger charge is -2.41. The zero-order chi connectivity index (χ0) is 12.3. The van der Waals surface area contributed by atoms with E-state index >= 15 is 0 Å². The van der Waals surface area contributed by atoms with Crippen molar-refractivity contribution in [1.82, 2.24) is 10.3 Å². The van der Waals surface area contributed by atoms with Crippen molar-refractivity contribution < 1.29 is 4.79 Å². The van der Waals surface area contributed by atoms with Crippen LogP contribution in [0.5, 0.6) is 0 Å². The molecular weight excluding hydrogens is 250 g/mol. The normalized spacial score (nSPS) is 16.3. The summed E-state index contributed by atoms with van der Waals surface area (Å²) in [4.78, 5) is 15.9. The summed E-state index contributed by atoms with van der Waals surface area (Å²) in [6.45, 7) is 2.93. The molecule has 0 radical (unpaired) electrons. The maximum Gasteiger partial charge on any atom is 0.254 e. The van der Waals surface area contributed by atoms with E-state index in [9.17, 15) is 4.79 Å². The lowest BCUT2D eigenvalue weighted by molar-refractivity contribution is 0.0850. The number of hydrogen-bond donors (Lipinski definition) is 2. The summed E-state index contributed by atoms with van der Waals surface area (Å²) in [6, 6.07) is 1.65. The van der Waals surface area contributed by atoms with Crippen LogP contribution in [0.1, 0.15) is 43.0 Å². The van der Waals surface area contributed by atoms with Gasteiger partial charge in [0.2, 0.25) is 0 Å². The molecule has 0 unspecified atom stereocenters.